The zero-order chi connectivity index (χ0) is 23.8. The first-order chi connectivity index (χ1) is 16.7. The molecule has 1 aromatic heterocycles. The Balaban J connectivity index is 1.38. The predicted molar refractivity (Wildman–Crippen MR) is 140 cm³/mol. The van der Waals surface area contributed by atoms with Crippen LogP contribution in [0.4, 0.5) is 0 Å². The average molecular weight is 518 g/mol. The maximum atomic E-state index is 12.5. The lowest BCUT2D eigenvalue weighted by Crippen LogP contribution is -2.26. The van der Waals surface area contributed by atoms with Crippen LogP contribution in [-0.2, 0) is 19.4 Å². The molecule has 1 amide bonds. The van der Waals surface area contributed by atoms with Gasteiger partial charge in [-0.25, -0.2) is 4.98 Å². The number of fused-ring (bicyclic) bond motifs is 1. The summed E-state index contributed by atoms with van der Waals surface area (Å²) in [4.78, 5) is 17.3. The Morgan fingerprint density at radius 2 is 1.91 bits per heavy atom. The molecule has 0 aliphatic carbocycles. The van der Waals surface area contributed by atoms with E-state index in [4.69, 9.17) is 9.72 Å². The molecule has 0 spiro atoms. The van der Waals surface area contributed by atoms with Crippen LogP contribution < -0.4 is 10.1 Å². The molecule has 0 radical (unpaired) electrons. The Kier molecular flexibility index (Phi) is 8.15. The number of carbonyl (C=O) groups is 1. The van der Waals surface area contributed by atoms with Crippen molar-refractivity contribution in [3.05, 3.63) is 107 Å². The summed E-state index contributed by atoms with van der Waals surface area (Å²) in [6.07, 6.45) is 4.18. The molecule has 0 bridgehead atoms. The van der Waals surface area contributed by atoms with E-state index in [-0.39, 0.29) is 5.91 Å². The third kappa shape index (κ3) is 5.94. The normalized spacial score (nSPS) is 10.9. The summed E-state index contributed by atoms with van der Waals surface area (Å²) in [7, 11) is 0. The molecule has 1 heterocycles. The number of nitrogens with one attached hydrogen (secondary N) is 1. The van der Waals surface area contributed by atoms with Crippen molar-refractivity contribution in [2.75, 3.05) is 13.2 Å². The number of imidazole rings is 1. The van der Waals surface area contributed by atoms with E-state index < -0.39 is 0 Å². The van der Waals surface area contributed by atoms with Gasteiger partial charge in [0.05, 0.1) is 17.6 Å². The van der Waals surface area contributed by atoms with Crippen LogP contribution in [0, 0.1) is 0 Å². The minimum Gasteiger partial charge on any atom is -0.493 e. The van der Waals surface area contributed by atoms with Crippen molar-refractivity contribution >= 4 is 32.9 Å². The molecule has 0 fully saturated rings. The molecule has 0 aliphatic rings. The summed E-state index contributed by atoms with van der Waals surface area (Å²) in [6.45, 7) is 5.74. The van der Waals surface area contributed by atoms with Gasteiger partial charge in [0.2, 0.25) is 0 Å². The highest BCUT2D eigenvalue weighted by Gasteiger charge is 2.12. The Bertz CT molecular complexity index is 1280. The van der Waals surface area contributed by atoms with Gasteiger partial charge in [-0.2, -0.15) is 0 Å². The molecule has 4 rings (SSSR count). The summed E-state index contributed by atoms with van der Waals surface area (Å²) >= 11 is 3.41. The molecule has 0 unspecified atom stereocenters. The zero-order valence-corrected chi connectivity index (χ0v) is 20.6. The van der Waals surface area contributed by atoms with Crippen LogP contribution in [-0.4, -0.2) is 28.6 Å². The molecule has 1 N–H and O–H groups in total. The van der Waals surface area contributed by atoms with Crippen LogP contribution >= 0.6 is 15.9 Å². The highest BCUT2D eigenvalue weighted by Crippen LogP contribution is 2.20. The number of halogens is 1. The van der Waals surface area contributed by atoms with Gasteiger partial charge in [0, 0.05) is 29.5 Å². The number of rotatable bonds is 11. The lowest BCUT2D eigenvalue weighted by molar-refractivity contribution is 0.0954. The van der Waals surface area contributed by atoms with E-state index in [1.165, 1.54) is 0 Å². The molecule has 34 heavy (non-hydrogen) atoms. The molecular weight excluding hydrogens is 490 g/mol. The predicted octanol–water partition coefficient (Wildman–Crippen LogP) is 5.97. The van der Waals surface area contributed by atoms with E-state index in [0.717, 1.165) is 52.0 Å². The van der Waals surface area contributed by atoms with Crippen molar-refractivity contribution in [2.24, 2.45) is 0 Å². The number of hydrogen-bond acceptors (Lipinski definition) is 3. The Hall–Kier alpha value is -3.38. The second kappa shape index (κ2) is 11.7. The fourth-order valence-electron chi connectivity index (χ4n) is 3.96. The number of nitrogens with zero attached hydrogens (tertiary/aromatic N) is 2. The quantitative estimate of drug-likeness (QED) is 0.197. The van der Waals surface area contributed by atoms with Gasteiger partial charge < -0.3 is 14.6 Å². The van der Waals surface area contributed by atoms with Crippen LogP contribution in [0.25, 0.3) is 11.0 Å². The standard InChI is InChI=1S/C28H28BrN3O2/c1-2-9-21-10-3-6-15-26(21)34-19-8-18-32-25-14-5-4-13-24(25)31-27(32)16-17-30-28(33)22-11-7-12-23(29)20-22/h2-7,10-15,20H,1,8-9,16-19H2,(H,30,33). The fraction of sp³-hybridized carbons (Fsp3) is 0.214. The van der Waals surface area contributed by atoms with Crippen molar-refractivity contribution in [3.63, 3.8) is 0 Å². The molecule has 4 aromatic rings. The first kappa shape index (κ1) is 23.8. The SMILES string of the molecule is C=CCc1ccccc1OCCCn1c(CCNC(=O)c2cccc(Br)c2)nc2ccccc21. The zero-order valence-electron chi connectivity index (χ0n) is 19.0. The van der Waals surface area contributed by atoms with Crippen LogP contribution in [0.5, 0.6) is 5.75 Å². The second-order valence-electron chi connectivity index (χ2n) is 7.99. The lowest BCUT2D eigenvalue weighted by Gasteiger charge is -2.13. The van der Waals surface area contributed by atoms with Gasteiger partial charge >= 0.3 is 0 Å². The summed E-state index contributed by atoms with van der Waals surface area (Å²) in [6, 6.07) is 23.6. The van der Waals surface area contributed by atoms with Crippen LogP contribution in [0.3, 0.4) is 0 Å². The van der Waals surface area contributed by atoms with Crippen molar-refractivity contribution in [1.82, 2.24) is 14.9 Å². The molecule has 0 saturated carbocycles. The number of amides is 1. The number of benzene rings is 3. The maximum Gasteiger partial charge on any atom is 0.251 e. The van der Waals surface area contributed by atoms with E-state index in [0.29, 0.717) is 25.1 Å². The highest BCUT2D eigenvalue weighted by atomic mass is 79.9. The molecule has 5 nitrogen and oxygen atoms in total. The van der Waals surface area contributed by atoms with Crippen molar-refractivity contribution in [1.29, 1.82) is 0 Å². The van der Waals surface area contributed by atoms with Crippen LogP contribution in [0.15, 0.2) is 89.9 Å². The number of carbonyl (C=O) groups excluding carboxylic acids is 1. The van der Waals surface area contributed by atoms with E-state index in [2.05, 4.69) is 44.5 Å². The number of hydrogen-bond donors (Lipinski definition) is 1. The summed E-state index contributed by atoms with van der Waals surface area (Å²) in [5.41, 5.74) is 3.85. The highest BCUT2D eigenvalue weighted by molar-refractivity contribution is 9.10. The topological polar surface area (TPSA) is 56.1 Å². The van der Waals surface area contributed by atoms with E-state index >= 15 is 0 Å². The van der Waals surface area contributed by atoms with Crippen molar-refractivity contribution in [3.8, 4) is 5.75 Å². The molecule has 0 saturated heterocycles. The number of para-hydroxylation sites is 3. The van der Waals surface area contributed by atoms with Gasteiger partial charge in [-0.3, -0.25) is 4.79 Å². The van der Waals surface area contributed by atoms with Crippen LogP contribution in [0.2, 0.25) is 0 Å². The number of ether oxygens (including phenoxy) is 1. The second-order valence-corrected chi connectivity index (χ2v) is 8.90. The third-order valence-electron chi connectivity index (χ3n) is 5.58. The fourth-order valence-corrected chi connectivity index (χ4v) is 4.36. The maximum absolute atomic E-state index is 12.5. The minimum atomic E-state index is -0.0875. The first-order valence-corrected chi connectivity index (χ1v) is 12.2. The van der Waals surface area contributed by atoms with E-state index in [9.17, 15) is 4.79 Å². The van der Waals surface area contributed by atoms with Gasteiger partial charge in [-0.15, -0.1) is 6.58 Å². The average Bonchev–Trinajstić information content (AvgIpc) is 3.20. The first-order valence-electron chi connectivity index (χ1n) is 11.4. The molecule has 174 valence electrons. The number of allylic oxidation sites excluding steroid dienone is 1. The monoisotopic (exact) mass is 517 g/mol. The number of aromatic nitrogens is 2. The van der Waals surface area contributed by atoms with Crippen molar-refractivity contribution in [2.45, 2.75) is 25.8 Å². The van der Waals surface area contributed by atoms with E-state index in [1.807, 2.05) is 66.7 Å². The summed E-state index contributed by atoms with van der Waals surface area (Å²) in [5, 5.41) is 3.01. The Morgan fingerprint density at radius 1 is 1.09 bits per heavy atom. The minimum absolute atomic E-state index is 0.0875. The molecule has 6 heteroatoms. The molecule has 0 atom stereocenters. The third-order valence-corrected chi connectivity index (χ3v) is 6.07. The lowest BCUT2D eigenvalue weighted by atomic mass is 10.1. The van der Waals surface area contributed by atoms with Gasteiger partial charge in [0.1, 0.15) is 11.6 Å². The number of aryl methyl sites for hydroxylation is 1. The molecule has 0 aliphatic heterocycles. The smallest absolute Gasteiger partial charge is 0.251 e. The van der Waals surface area contributed by atoms with Gasteiger partial charge in [-0.1, -0.05) is 58.4 Å². The van der Waals surface area contributed by atoms with Gasteiger partial charge in [0.15, 0.2) is 0 Å². The van der Waals surface area contributed by atoms with Gasteiger partial charge in [-0.05, 0) is 54.8 Å². The van der Waals surface area contributed by atoms with Gasteiger partial charge in [0.25, 0.3) is 5.91 Å². The van der Waals surface area contributed by atoms with Crippen LogP contribution in [0.1, 0.15) is 28.2 Å². The molecule has 3 aromatic carbocycles. The Labute approximate surface area is 208 Å². The molecular formula is C28H28BrN3O2. The van der Waals surface area contributed by atoms with E-state index in [1.54, 1.807) is 0 Å². The Morgan fingerprint density at radius 3 is 2.76 bits per heavy atom. The van der Waals surface area contributed by atoms with Crippen molar-refractivity contribution < 1.29 is 9.53 Å². The summed E-state index contributed by atoms with van der Waals surface area (Å²) in [5.74, 6) is 1.78. The summed E-state index contributed by atoms with van der Waals surface area (Å²) < 4.78 is 9.19. The largest absolute Gasteiger partial charge is 0.493 e.